The maximum Gasteiger partial charge on any atom is 0.0805 e. The van der Waals surface area contributed by atoms with Crippen molar-refractivity contribution in [3.63, 3.8) is 0 Å². The molecule has 106 valence electrons. The van der Waals surface area contributed by atoms with Crippen molar-refractivity contribution in [3.8, 4) is 0 Å². The second kappa shape index (κ2) is 5.70. The fourth-order valence-corrected chi connectivity index (χ4v) is 3.03. The summed E-state index contributed by atoms with van der Waals surface area (Å²) in [6, 6.07) is 6.12. The average molecular weight is 283 g/mol. The number of halogens is 1. The first-order chi connectivity index (χ1) is 8.91. The molecule has 1 aromatic carbocycles. The van der Waals surface area contributed by atoms with Gasteiger partial charge in [0.2, 0.25) is 0 Å². The molecular formula is C15H23ClN2O. The monoisotopic (exact) mass is 282 g/mol. The second-order valence-corrected chi connectivity index (χ2v) is 6.31. The molecule has 4 heteroatoms. The summed E-state index contributed by atoms with van der Waals surface area (Å²) in [5, 5.41) is 3.99. The van der Waals surface area contributed by atoms with Crippen molar-refractivity contribution in [1.82, 2.24) is 5.32 Å². The third-order valence-corrected chi connectivity index (χ3v) is 3.55. The fraction of sp³-hybridized carbons (Fsp3) is 0.600. The molecule has 3 nitrogen and oxygen atoms in total. The Morgan fingerprint density at radius 3 is 2.84 bits per heavy atom. The van der Waals surface area contributed by atoms with E-state index >= 15 is 0 Å². The Morgan fingerprint density at radius 1 is 1.47 bits per heavy atom. The SMILES string of the molecule is CNCc1cc(Cl)ccc1N1CC(C)OC(C)(C)C1. The van der Waals surface area contributed by atoms with Crippen molar-refractivity contribution in [2.45, 2.75) is 39.0 Å². The van der Waals surface area contributed by atoms with Crippen LogP contribution in [-0.4, -0.2) is 31.8 Å². The highest BCUT2D eigenvalue weighted by Crippen LogP contribution is 2.30. The van der Waals surface area contributed by atoms with Crippen LogP contribution in [0.4, 0.5) is 5.69 Å². The summed E-state index contributed by atoms with van der Waals surface area (Å²) in [5.74, 6) is 0. The number of hydrogen-bond acceptors (Lipinski definition) is 3. The molecule has 0 spiro atoms. The molecule has 0 saturated carbocycles. The van der Waals surface area contributed by atoms with Crippen LogP contribution in [-0.2, 0) is 11.3 Å². The van der Waals surface area contributed by atoms with E-state index in [2.05, 4.69) is 37.1 Å². The molecular weight excluding hydrogens is 260 g/mol. The first kappa shape index (κ1) is 14.6. The van der Waals surface area contributed by atoms with Gasteiger partial charge in [-0.15, -0.1) is 0 Å². The van der Waals surface area contributed by atoms with E-state index in [0.29, 0.717) is 0 Å². The predicted molar refractivity (Wildman–Crippen MR) is 81.1 cm³/mol. The van der Waals surface area contributed by atoms with Gasteiger partial charge < -0.3 is 15.0 Å². The van der Waals surface area contributed by atoms with Crippen LogP contribution in [0.3, 0.4) is 0 Å². The average Bonchev–Trinajstić information content (AvgIpc) is 2.26. The van der Waals surface area contributed by atoms with E-state index in [0.717, 1.165) is 24.7 Å². The number of anilines is 1. The third kappa shape index (κ3) is 3.62. The van der Waals surface area contributed by atoms with Crippen LogP contribution in [0, 0.1) is 0 Å². The minimum atomic E-state index is -0.117. The van der Waals surface area contributed by atoms with Crippen molar-refractivity contribution in [1.29, 1.82) is 0 Å². The molecule has 0 aromatic heterocycles. The van der Waals surface area contributed by atoms with E-state index in [1.54, 1.807) is 0 Å². The van der Waals surface area contributed by atoms with Gasteiger partial charge >= 0.3 is 0 Å². The Labute approximate surface area is 120 Å². The summed E-state index contributed by atoms with van der Waals surface area (Å²) in [5.41, 5.74) is 2.37. The zero-order valence-corrected chi connectivity index (χ0v) is 12.9. The standard InChI is InChI=1S/C15H23ClN2O/c1-11-9-18(10-15(2,3)19-11)14-6-5-13(16)7-12(14)8-17-4/h5-7,11,17H,8-10H2,1-4H3. The topological polar surface area (TPSA) is 24.5 Å². The van der Waals surface area contributed by atoms with Crippen LogP contribution in [0.2, 0.25) is 5.02 Å². The number of nitrogens with zero attached hydrogens (tertiary/aromatic N) is 1. The van der Waals surface area contributed by atoms with Gasteiger partial charge in [0, 0.05) is 30.3 Å². The number of nitrogens with one attached hydrogen (secondary N) is 1. The van der Waals surface area contributed by atoms with Crippen LogP contribution >= 0.6 is 11.6 Å². The number of benzene rings is 1. The molecule has 0 bridgehead atoms. The molecule has 1 aliphatic rings. The van der Waals surface area contributed by atoms with Gasteiger partial charge in [-0.3, -0.25) is 0 Å². The molecule has 1 atom stereocenters. The third-order valence-electron chi connectivity index (χ3n) is 3.32. The molecule has 1 aliphatic heterocycles. The Morgan fingerprint density at radius 2 is 2.21 bits per heavy atom. The van der Waals surface area contributed by atoms with Gasteiger partial charge in [-0.2, -0.15) is 0 Å². The molecule has 1 N–H and O–H groups in total. The van der Waals surface area contributed by atoms with Crippen LogP contribution in [0.15, 0.2) is 18.2 Å². The Balaban J connectivity index is 2.30. The maximum atomic E-state index is 6.11. The van der Waals surface area contributed by atoms with Gasteiger partial charge in [-0.25, -0.2) is 0 Å². The molecule has 2 rings (SSSR count). The zero-order chi connectivity index (χ0) is 14.0. The van der Waals surface area contributed by atoms with E-state index in [1.165, 1.54) is 11.3 Å². The number of morpholine rings is 1. The normalized spacial score (nSPS) is 22.6. The maximum absolute atomic E-state index is 6.11. The lowest BCUT2D eigenvalue weighted by atomic mass is 10.0. The van der Waals surface area contributed by atoms with Crippen molar-refractivity contribution in [2.75, 3.05) is 25.0 Å². The summed E-state index contributed by atoms with van der Waals surface area (Å²) in [6.07, 6.45) is 0.238. The molecule has 0 amide bonds. The number of rotatable bonds is 3. The molecule has 1 aromatic rings. The van der Waals surface area contributed by atoms with E-state index in [-0.39, 0.29) is 11.7 Å². The molecule has 19 heavy (non-hydrogen) atoms. The van der Waals surface area contributed by atoms with Gasteiger partial charge in [0.05, 0.1) is 11.7 Å². The number of ether oxygens (including phenoxy) is 1. The van der Waals surface area contributed by atoms with E-state index < -0.39 is 0 Å². The fourth-order valence-electron chi connectivity index (χ4n) is 2.83. The van der Waals surface area contributed by atoms with Crippen LogP contribution in [0.5, 0.6) is 0 Å². The first-order valence-electron chi connectivity index (χ1n) is 6.77. The van der Waals surface area contributed by atoms with Crippen LogP contribution < -0.4 is 10.2 Å². The highest BCUT2D eigenvalue weighted by atomic mass is 35.5. The second-order valence-electron chi connectivity index (χ2n) is 5.87. The zero-order valence-electron chi connectivity index (χ0n) is 12.2. The molecule has 1 unspecified atom stereocenters. The van der Waals surface area contributed by atoms with E-state index in [1.807, 2.05) is 19.2 Å². The van der Waals surface area contributed by atoms with Gasteiger partial charge in [0.15, 0.2) is 0 Å². The van der Waals surface area contributed by atoms with Gasteiger partial charge in [-0.1, -0.05) is 11.6 Å². The van der Waals surface area contributed by atoms with Crippen molar-refractivity contribution < 1.29 is 4.74 Å². The minimum absolute atomic E-state index is 0.117. The molecule has 0 aliphatic carbocycles. The molecule has 1 fully saturated rings. The quantitative estimate of drug-likeness (QED) is 0.922. The number of hydrogen-bond donors (Lipinski definition) is 1. The summed E-state index contributed by atoms with van der Waals surface area (Å²) < 4.78 is 5.97. The Bertz CT molecular complexity index is 448. The van der Waals surface area contributed by atoms with Crippen LogP contribution in [0.1, 0.15) is 26.3 Å². The summed E-state index contributed by atoms with van der Waals surface area (Å²) >= 11 is 6.11. The lowest BCUT2D eigenvalue weighted by Crippen LogP contribution is -2.52. The summed E-state index contributed by atoms with van der Waals surface area (Å²) in [4.78, 5) is 2.40. The van der Waals surface area contributed by atoms with Gasteiger partial charge in [0.1, 0.15) is 0 Å². The molecule has 1 saturated heterocycles. The van der Waals surface area contributed by atoms with Crippen molar-refractivity contribution in [2.24, 2.45) is 0 Å². The summed E-state index contributed by atoms with van der Waals surface area (Å²) in [7, 11) is 1.95. The van der Waals surface area contributed by atoms with E-state index in [9.17, 15) is 0 Å². The van der Waals surface area contributed by atoms with Crippen molar-refractivity contribution >= 4 is 17.3 Å². The van der Waals surface area contributed by atoms with E-state index in [4.69, 9.17) is 16.3 Å². The smallest absolute Gasteiger partial charge is 0.0805 e. The highest BCUT2D eigenvalue weighted by Gasteiger charge is 2.32. The predicted octanol–water partition coefficient (Wildman–Crippen LogP) is 3.06. The Hall–Kier alpha value is -0.770. The van der Waals surface area contributed by atoms with Crippen molar-refractivity contribution in [3.05, 3.63) is 28.8 Å². The van der Waals surface area contributed by atoms with Crippen LogP contribution in [0.25, 0.3) is 0 Å². The lowest BCUT2D eigenvalue weighted by molar-refractivity contribution is -0.0750. The Kier molecular flexibility index (Phi) is 4.39. The first-order valence-corrected chi connectivity index (χ1v) is 7.15. The largest absolute Gasteiger partial charge is 0.369 e. The highest BCUT2D eigenvalue weighted by molar-refractivity contribution is 6.30. The minimum Gasteiger partial charge on any atom is -0.369 e. The summed E-state index contributed by atoms with van der Waals surface area (Å²) in [6.45, 7) is 9.05. The van der Waals surface area contributed by atoms with Gasteiger partial charge in [0.25, 0.3) is 0 Å². The molecule has 0 radical (unpaired) electrons. The lowest BCUT2D eigenvalue weighted by Gasteiger charge is -2.43. The van der Waals surface area contributed by atoms with Gasteiger partial charge in [-0.05, 0) is 51.6 Å². The molecule has 1 heterocycles.